The van der Waals surface area contributed by atoms with Crippen LogP contribution < -0.4 is 0 Å². The van der Waals surface area contributed by atoms with Crippen LogP contribution in [0.25, 0.3) is 232 Å². The monoisotopic (exact) mass is 1600 g/mol. The predicted octanol–water partition coefficient (Wildman–Crippen LogP) is 31.4. The number of aromatic nitrogens is 6. The lowest BCUT2D eigenvalue weighted by molar-refractivity contribution is 0.669. The van der Waals surface area contributed by atoms with E-state index in [1.165, 1.54) is 36.5 Å². The summed E-state index contributed by atoms with van der Waals surface area (Å²) >= 11 is 1.86. The van der Waals surface area contributed by atoms with Crippen molar-refractivity contribution in [2.75, 3.05) is 0 Å². The Hall–Kier alpha value is -16.3. The van der Waals surface area contributed by atoms with Crippen LogP contribution in [0.3, 0.4) is 0 Å². The zero-order valence-electron chi connectivity index (χ0n) is 67.2. The molecule has 24 aromatic rings. The Morgan fingerprint density at radius 3 is 0.935 bits per heavy atom. The third-order valence-electron chi connectivity index (χ3n) is 24.0. The van der Waals surface area contributed by atoms with Gasteiger partial charge in [0.1, 0.15) is 11.2 Å². The van der Waals surface area contributed by atoms with Crippen LogP contribution in [0, 0.1) is 0 Å². The Labute approximate surface area is 720 Å². The van der Waals surface area contributed by atoms with Crippen molar-refractivity contribution >= 4 is 97.1 Å². The van der Waals surface area contributed by atoms with Gasteiger partial charge in [0.25, 0.3) is 0 Å². The molecule has 0 radical (unpaired) electrons. The lowest BCUT2D eigenvalue weighted by Crippen LogP contribution is -2.01. The third-order valence-corrected chi connectivity index (χ3v) is 25.1. The average molecular weight is 1600 g/mol. The summed E-state index contributed by atoms with van der Waals surface area (Å²) in [5, 5.41) is 9.49. The number of benzene rings is 16. The molecule has 0 saturated heterocycles. The molecule has 0 aliphatic rings. The molecule has 0 bridgehead atoms. The van der Waals surface area contributed by atoms with E-state index in [4.69, 9.17) is 24.4 Å². The predicted molar refractivity (Wildman–Crippen MR) is 518 cm³/mol. The number of hydrogen-bond acceptors (Lipinski definition) is 6. The summed E-state index contributed by atoms with van der Waals surface area (Å²) in [4.78, 5) is 21.6. The molecular formula is C116H74N6OS. The van der Waals surface area contributed by atoms with Gasteiger partial charge in [-0.15, -0.1) is 11.3 Å². The Kier molecular flexibility index (Phi) is 18.3. The van der Waals surface area contributed by atoms with E-state index in [2.05, 4.69) is 440 Å². The minimum Gasteiger partial charge on any atom is -0.456 e. The van der Waals surface area contributed by atoms with Crippen LogP contribution in [0.5, 0.6) is 0 Å². The lowest BCUT2D eigenvalue weighted by atomic mass is 9.95. The first-order valence-corrected chi connectivity index (χ1v) is 42.8. The number of hydrogen-bond donors (Lipinski definition) is 0. The van der Waals surface area contributed by atoms with Gasteiger partial charge >= 0.3 is 0 Å². The zero-order valence-corrected chi connectivity index (χ0v) is 68.0. The van der Waals surface area contributed by atoms with E-state index in [9.17, 15) is 0 Å². The minimum atomic E-state index is 0.866. The van der Waals surface area contributed by atoms with Gasteiger partial charge in [0.2, 0.25) is 0 Å². The van der Waals surface area contributed by atoms with Crippen molar-refractivity contribution in [1.82, 2.24) is 29.1 Å². The highest BCUT2D eigenvalue weighted by molar-refractivity contribution is 7.25. The van der Waals surface area contributed by atoms with Crippen LogP contribution in [0.1, 0.15) is 0 Å². The summed E-state index contributed by atoms with van der Waals surface area (Å²) < 4.78 is 13.9. The maximum atomic E-state index is 6.45. The maximum Gasteiger partial charge on any atom is 0.136 e. The van der Waals surface area contributed by atoms with Crippen LogP contribution in [0.15, 0.2) is 453 Å². The number of thiophene rings is 1. The van der Waals surface area contributed by atoms with Gasteiger partial charge in [-0.1, -0.05) is 328 Å². The summed E-state index contributed by atoms with van der Waals surface area (Å²) in [6.07, 6.45) is 0. The second-order valence-electron chi connectivity index (χ2n) is 31.5. The van der Waals surface area contributed by atoms with E-state index in [1.807, 2.05) is 29.5 Å². The van der Waals surface area contributed by atoms with Gasteiger partial charge in [-0.3, -0.25) is 0 Å². The molecule has 8 aromatic heterocycles. The minimum absolute atomic E-state index is 0.866. The number of pyridine rings is 4. The number of furan rings is 1. The molecule has 8 heterocycles. The van der Waals surface area contributed by atoms with Gasteiger partial charge in [-0.05, 0) is 160 Å². The van der Waals surface area contributed by atoms with Crippen LogP contribution in [0.4, 0.5) is 0 Å². The number of para-hydroxylation sites is 3. The van der Waals surface area contributed by atoms with Gasteiger partial charge in [0, 0.05) is 103 Å². The molecule has 24 rings (SSSR count). The SMILES string of the molecule is c1ccc(-c2cc(-c3ccccc3)nc(-c3ccc(-n4c5ccccc5c5cc6oc7ccccc7c6cc54)c(-c4cc(-c5ccccc5)cc(-c5ccccc5)n4)c3)c2)cc1.c1ccc(-c2cc(-c3ccccc3)nc(-c3ccc(-n4c5ccccc5c5cc6sc7ccccc7c6cc54)c(-c4cc(-c5ccccc5)nc(-c5ccccc5)c4)c3)c2)cc1. The summed E-state index contributed by atoms with van der Waals surface area (Å²) in [6.45, 7) is 0. The molecule has 16 aromatic carbocycles. The Morgan fingerprint density at radius 1 is 0.169 bits per heavy atom. The Bertz CT molecular complexity index is 7480. The summed E-state index contributed by atoms with van der Waals surface area (Å²) in [6, 6.07) is 160. The molecule has 7 nitrogen and oxygen atoms in total. The first kappa shape index (κ1) is 72.9. The fraction of sp³-hybridized carbons (Fsp3) is 0. The molecule has 0 aliphatic heterocycles. The van der Waals surface area contributed by atoms with Crippen LogP contribution >= 0.6 is 11.3 Å². The highest BCUT2D eigenvalue weighted by Gasteiger charge is 2.25. The van der Waals surface area contributed by atoms with Crippen LogP contribution in [-0.2, 0) is 0 Å². The van der Waals surface area contributed by atoms with Gasteiger partial charge in [-0.2, -0.15) is 0 Å². The van der Waals surface area contributed by atoms with Crippen molar-refractivity contribution < 1.29 is 4.42 Å². The lowest BCUT2D eigenvalue weighted by Gasteiger charge is -2.18. The Morgan fingerprint density at radius 2 is 0.492 bits per heavy atom. The van der Waals surface area contributed by atoms with Gasteiger partial charge in [0.05, 0.1) is 79.0 Å². The van der Waals surface area contributed by atoms with Crippen molar-refractivity contribution in [1.29, 1.82) is 0 Å². The third kappa shape index (κ3) is 13.4. The van der Waals surface area contributed by atoms with Gasteiger partial charge < -0.3 is 13.6 Å². The largest absolute Gasteiger partial charge is 0.456 e. The average Bonchev–Trinajstić information content (AvgIpc) is 1.57. The number of rotatable bonds is 14. The Balaban J connectivity index is 0.000000143. The summed E-state index contributed by atoms with van der Waals surface area (Å²) in [5.74, 6) is 0. The highest BCUT2D eigenvalue weighted by Crippen LogP contribution is 2.47. The highest BCUT2D eigenvalue weighted by atomic mass is 32.1. The van der Waals surface area contributed by atoms with E-state index in [-0.39, 0.29) is 0 Å². The van der Waals surface area contributed by atoms with Crippen molar-refractivity contribution in [3.05, 3.63) is 449 Å². The van der Waals surface area contributed by atoms with Crippen molar-refractivity contribution in [3.63, 3.8) is 0 Å². The molecule has 0 aliphatic carbocycles. The normalized spacial score (nSPS) is 11.5. The first-order valence-electron chi connectivity index (χ1n) is 41.9. The molecule has 0 spiro atoms. The van der Waals surface area contributed by atoms with Crippen molar-refractivity contribution in [3.8, 4) is 146 Å². The zero-order chi connectivity index (χ0) is 82.0. The molecule has 0 atom stereocenters. The molecule has 580 valence electrons. The molecule has 0 saturated carbocycles. The second kappa shape index (κ2) is 31.1. The molecule has 8 heteroatoms. The maximum absolute atomic E-state index is 6.45. The van der Waals surface area contributed by atoms with Gasteiger partial charge in [-0.25, -0.2) is 19.9 Å². The van der Waals surface area contributed by atoms with E-state index in [0.717, 1.165) is 195 Å². The molecule has 0 N–H and O–H groups in total. The first-order chi connectivity index (χ1) is 61.4. The van der Waals surface area contributed by atoms with E-state index < -0.39 is 0 Å². The molecule has 0 fully saturated rings. The number of nitrogens with zero attached hydrogens (tertiary/aromatic N) is 6. The van der Waals surface area contributed by atoms with Crippen LogP contribution in [-0.4, -0.2) is 29.1 Å². The second-order valence-corrected chi connectivity index (χ2v) is 32.6. The summed E-state index contributed by atoms with van der Waals surface area (Å²) in [7, 11) is 0. The molecular weight excluding hydrogens is 1530 g/mol. The molecule has 0 unspecified atom stereocenters. The van der Waals surface area contributed by atoms with E-state index in [0.29, 0.717) is 0 Å². The summed E-state index contributed by atoms with van der Waals surface area (Å²) in [5.41, 5.74) is 32.9. The smallest absolute Gasteiger partial charge is 0.136 e. The quantitative estimate of drug-likeness (QED) is 0.108. The van der Waals surface area contributed by atoms with E-state index in [1.54, 1.807) is 0 Å². The standard InChI is InChI=1S/C58H37N3O.C58H37N3S/c1-5-17-38(18-6-1)43-32-50(40-21-9-3-10-22-40)59-52(34-43)42-29-30-55(49(31-42)53-35-44(39-19-7-2-8-20-39)33-51(60-53)41-23-11-4-12-24-41)61-54-27-15-13-25-45(54)47-37-58-48(36-56(47)61)46-26-14-16-28-57(46)62-58;1-5-17-38(18-6-1)43-32-50(39-19-7-2-8-20-39)60-53(33-43)42-29-30-55(47(31-42)44-34-51(40-21-9-3-10-22-40)59-52(35-44)41-23-11-4-12-24-41)61-54-27-15-13-25-45(54)48-37-58-49(36-56(48)61)46-26-14-16-28-57(46)62-58/h2*1-37H. The van der Waals surface area contributed by atoms with Gasteiger partial charge in [0.15, 0.2) is 0 Å². The van der Waals surface area contributed by atoms with Crippen molar-refractivity contribution in [2.24, 2.45) is 0 Å². The van der Waals surface area contributed by atoms with Crippen molar-refractivity contribution in [2.45, 2.75) is 0 Å². The number of fused-ring (bicyclic) bond motifs is 12. The topological polar surface area (TPSA) is 74.6 Å². The fourth-order valence-corrected chi connectivity index (χ4v) is 19.1. The van der Waals surface area contributed by atoms with E-state index >= 15 is 0 Å². The molecule has 124 heavy (non-hydrogen) atoms. The van der Waals surface area contributed by atoms with Crippen LogP contribution in [0.2, 0.25) is 0 Å². The fourth-order valence-electron chi connectivity index (χ4n) is 18.0. The molecule has 0 amide bonds.